The van der Waals surface area contributed by atoms with Gasteiger partial charge in [0.15, 0.2) is 5.13 Å². The Balaban J connectivity index is 1.80. The van der Waals surface area contributed by atoms with Crippen LogP contribution >= 0.6 is 22.9 Å². The van der Waals surface area contributed by atoms with Gasteiger partial charge in [0.05, 0.1) is 16.8 Å². The smallest absolute Gasteiger partial charge is 0.260 e. The van der Waals surface area contributed by atoms with Crippen LogP contribution in [0.2, 0.25) is 5.02 Å². The van der Waals surface area contributed by atoms with Gasteiger partial charge in [-0.25, -0.2) is 4.98 Å². The molecule has 0 N–H and O–H groups in total. The predicted molar refractivity (Wildman–Crippen MR) is 118 cm³/mol. The van der Waals surface area contributed by atoms with E-state index in [1.54, 1.807) is 40.5 Å². The first-order valence-electron chi connectivity index (χ1n) is 9.01. The molecule has 0 unspecified atom stereocenters. The van der Waals surface area contributed by atoms with Gasteiger partial charge in [-0.05, 0) is 54.8 Å². The van der Waals surface area contributed by atoms with Crippen LogP contribution in [-0.4, -0.2) is 10.9 Å². The Labute approximate surface area is 173 Å². The van der Waals surface area contributed by atoms with Gasteiger partial charge in [-0.15, -0.1) is 0 Å². The molecule has 4 aromatic rings. The summed E-state index contributed by atoms with van der Waals surface area (Å²) in [4.78, 5) is 19.9. The van der Waals surface area contributed by atoms with Gasteiger partial charge in [0.25, 0.3) is 5.91 Å². The lowest BCUT2D eigenvalue weighted by Gasteiger charge is -2.20. The Morgan fingerprint density at radius 3 is 2.32 bits per heavy atom. The molecule has 0 atom stereocenters. The molecule has 140 valence electrons. The third-order valence-electron chi connectivity index (χ3n) is 4.68. The lowest BCUT2D eigenvalue weighted by Crippen LogP contribution is -2.30. The van der Waals surface area contributed by atoms with Gasteiger partial charge in [-0.3, -0.25) is 9.69 Å². The topological polar surface area (TPSA) is 33.2 Å². The second-order valence-electron chi connectivity index (χ2n) is 6.76. The van der Waals surface area contributed by atoms with Crippen LogP contribution in [0, 0.1) is 13.8 Å². The third-order valence-corrected chi connectivity index (χ3v) is 6.15. The molecular formula is C23H19ClN2OS. The minimum absolute atomic E-state index is 0.0881. The number of carbonyl (C=O) groups is 1. The number of anilines is 1. The number of aryl methyl sites for hydroxylation is 2. The minimum atomic E-state index is -0.0881. The van der Waals surface area contributed by atoms with E-state index < -0.39 is 0 Å². The molecule has 0 aliphatic heterocycles. The van der Waals surface area contributed by atoms with Crippen LogP contribution in [0.3, 0.4) is 0 Å². The Morgan fingerprint density at radius 2 is 1.64 bits per heavy atom. The van der Waals surface area contributed by atoms with Gasteiger partial charge in [0.1, 0.15) is 0 Å². The molecular weight excluding hydrogens is 388 g/mol. The molecule has 0 saturated carbocycles. The summed E-state index contributed by atoms with van der Waals surface area (Å²) in [5.41, 5.74) is 4.89. The number of nitrogens with zero attached hydrogens (tertiary/aromatic N) is 2. The molecule has 3 nitrogen and oxygen atoms in total. The van der Waals surface area contributed by atoms with Crippen molar-refractivity contribution in [1.29, 1.82) is 0 Å². The first-order chi connectivity index (χ1) is 13.5. The Kier molecular flexibility index (Phi) is 5.16. The summed E-state index contributed by atoms with van der Waals surface area (Å²) >= 11 is 7.56. The van der Waals surface area contributed by atoms with Gasteiger partial charge in [-0.1, -0.05) is 65.4 Å². The van der Waals surface area contributed by atoms with Crippen LogP contribution in [0.5, 0.6) is 0 Å². The van der Waals surface area contributed by atoms with Gasteiger partial charge in [-0.2, -0.15) is 0 Å². The molecule has 0 aliphatic carbocycles. The largest absolute Gasteiger partial charge is 0.279 e. The number of rotatable bonds is 4. The molecule has 0 bridgehead atoms. The highest BCUT2D eigenvalue weighted by Gasteiger charge is 2.22. The number of halogens is 1. The van der Waals surface area contributed by atoms with Crippen LogP contribution in [-0.2, 0) is 6.54 Å². The molecule has 3 aromatic carbocycles. The highest BCUT2D eigenvalue weighted by molar-refractivity contribution is 7.22. The molecule has 1 aromatic heterocycles. The number of fused-ring (bicyclic) bond motifs is 1. The summed E-state index contributed by atoms with van der Waals surface area (Å²) in [6.07, 6.45) is 0. The van der Waals surface area contributed by atoms with E-state index in [4.69, 9.17) is 16.6 Å². The molecule has 0 fully saturated rings. The molecule has 0 saturated heterocycles. The van der Waals surface area contributed by atoms with Gasteiger partial charge in [0, 0.05) is 10.6 Å². The van der Waals surface area contributed by atoms with E-state index in [1.807, 2.05) is 37.3 Å². The van der Waals surface area contributed by atoms with Crippen molar-refractivity contribution in [3.63, 3.8) is 0 Å². The maximum atomic E-state index is 13.4. The van der Waals surface area contributed by atoms with Crippen LogP contribution < -0.4 is 4.90 Å². The highest BCUT2D eigenvalue weighted by Crippen LogP contribution is 2.34. The summed E-state index contributed by atoms with van der Waals surface area (Å²) in [5.74, 6) is -0.0881. The number of aromatic nitrogens is 1. The number of benzene rings is 3. The normalized spacial score (nSPS) is 11.0. The second kappa shape index (κ2) is 7.74. The highest BCUT2D eigenvalue weighted by atomic mass is 35.5. The number of hydrogen-bond acceptors (Lipinski definition) is 3. The summed E-state index contributed by atoms with van der Waals surface area (Å²) < 4.78 is 1.12. The number of carbonyl (C=O) groups excluding carboxylic acids is 1. The van der Waals surface area contributed by atoms with E-state index in [0.29, 0.717) is 22.3 Å². The van der Waals surface area contributed by atoms with Crippen molar-refractivity contribution in [1.82, 2.24) is 4.98 Å². The van der Waals surface area contributed by atoms with Crippen molar-refractivity contribution < 1.29 is 4.79 Å². The number of thiazole rings is 1. The maximum absolute atomic E-state index is 13.4. The summed E-state index contributed by atoms with van der Waals surface area (Å²) in [6.45, 7) is 4.58. The van der Waals surface area contributed by atoms with Crippen molar-refractivity contribution in [2.75, 3.05) is 4.90 Å². The average molecular weight is 407 g/mol. The molecule has 28 heavy (non-hydrogen) atoms. The van der Waals surface area contributed by atoms with E-state index in [2.05, 4.69) is 19.1 Å². The van der Waals surface area contributed by atoms with Gasteiger partial charge < -0.3 is 0 Å². The lowest BCUT2D eigenvalue weighted by atomic mass is 10.1. The number of amides is 1. The van der Waals surface area contributed by atoms with Gasteiger partial charge >= 0.3 is 0 Å². The Hall–Kier alpha value is -2.69. The number of hydrogen-bond donors (Lipinski definition) is 0. The molecule has 5 heteroatoms. The van der Waals surface area contributed by atoms with E-state index in [-0.39, 0.29) is 5.91 Å². The zero-order valence-corrected chi connectivity index (χ0v) is 17.2. The fourth-order valence-electron chi connectivity index (χ4n) is 3.10. The van der Waals surface area contributed by atoms with Crippen LogP contribution in [0.1, 0.15) is 27.0 Å². The first kappa shape index (κ1) is 18.7. The SMILES string of the molecule is Cc1ccc(C)c2sc(N(Cc3ccccc3)C(=O)c3ccc(Cl)cc3)nc12. The summed E-state index contributed by atoms with van der Waals surface area (Å²) in [7, 11) is 0. The standard InChI is InChI=1S/C23H19ClN2OS/c1-15-8-9-16(2)21-20(15)25-23(28-21)26(14-17-6-4-3-5-7-17)22(27)18-10-12-19(24)13-11-18/h3-13H,14H2,1-2H3. The van der Waals surface area contributed by atoms with E-state index in [1.165, 1.54) is 5.56 Å². The van der Waals surface area contributed by atoms with E-state index in [9.17, 15) is 4.79 Å². The minimum Gasteiger partial charge on any atom is -0.279 e. The zero-order valence-electron chi connectivity index (χ0n) is 15.6. The van der Waals surface area contributed by atoms with Crippen LogP contribution in [0.15, 0.2) is 66.7 Å². The van der Waals surface area contributed by atoms with Crippen molar-refractivity contribution in [2.24, 2.45) is 0 Å². The van der Waals surface area contributed by atoms with E-state index in [0.717, 1.165) is 21.3 Å². The van der Waals surface area contributed by atoms with E-state index >= 15 is 0 Å². The molecule has 0 spiro atoms. The van der Waals surface area contributed by atoms with Crippen molar-refractivity contribution >= 4 is 44.2 Å². The van der Waals surface area contributed by atoms with Crippen molar-refractivity contribution in [2.45, 2.75) is 20.4 Å². The second-order valence-corrected chi connectivity index (χ2v) is 8.17. The third kappa shape index (κ3) is 3.66. The summed E-state index contributed by atoms with van der Waals surface area (Å²) in [5, 5.41) is 1.31. The molecule has 1 amide bonds. The Bertz CT molecular complexity index is 1100. The molecule has 4 rings (SSSR count). The maximum Gasteiger partial charge on any atom is 0.260 e. The molecule has 0 radical (unpaired) electrons. The summed E-state index contributed by atoms with van der Waals surface area (Å²) in [6, 6.07) is 21.1. The lowest BCUT2D eigenvalue weighted by molar-refractivity contribution is 0.0985. The quantitative estimate of drug-likeness (QED) is 0.392. The first-order valence-corrected chi connectivity index (χ1v) is 10.2. The van der Waals surface area contributed by atoms with Crippen molar-refractivity contribution in [3.8, 4) is 0 Å². The van der Waals surface area contributed by atoms with Crippen molar-refractivity contribution in [3.05, 3.63) is 94.0 Å². The average Bonchev–Trinajstić information content (AvgIpc) is 3.16. The van der Waals surface area contributed by atoms with Crippen LogP contribution in [0.25, 0.3) is 10.2 Å². The predicted octanol–water partition coefficient (Wildman–Crippen LogP) is 6.41. The molecule has 1 heterocycles. The Morgan fingerprint density at radius 1 is 0.964 bits per heavy atom. The monoisotopic (exact) mass is 406 g/mol. The zero-order chi connectivity index (χ0) is 19.7. The fraction of sp³-hybridized carbons (Fsp3) is 0.130. The van der Waals surface area contributed by atoms with Gasteiger partial charge in [0.2, 0.25) is 0 Å². The van der Waals surface area contributed by atoms with Crippen LogP contribution in [0.4, 0.5) is 5.13 Å². The molecule has 0 aliphatic rings. The fourth-order valence-corrected chi connectivity index (χ4v) is 4.34.